The van der Waals surface area contributed by atoms with E-state index in [9.17, 15) is 13.6 Å². The molecule has 2 aromatic heterocycles. The number of rotatable bonds is 8. The molecule has 0 unspecified atom stereocenters. The van der Waals surface area contributed by atoms with Gasteiger partial charge in [0.2, 0.25) is 0 Å². The van der Waals surface area contributed by atoms with Crippen LogP contribution in [-0.2, 0) is 4.43 Å². The fraction of sp³-hybridized carbons (Fsp3) is 0.182. The third-order valence-electron chi connectivity index (χ3n) is 4.84. The minimum absolute atomic E-state index is 0.155. The largest absolute Gasteiger partial charge is 0.421 e. The second-order valence-electron chi connectivity index (χ2n) is 7.05. The molecule has 0 spiro atoms. The Kier molecular flexibility index (Phi) is 7.35. The minimum atomic E-state index is -0.880. The summed E-state index contributed by atoms with van der Waals surface area (Å²) in [6.07, 6.45) is 0. The number of carbonyl (C=O) groups is 1. The molecule has 4 aromatic rings. The number of H-pyrrole nitrogens is 1. The Morgan fingerprint density at radius 1 is 1.15 bits per heavy atom. The lowest BCUT2D eigenvalue weighted by Gasteiger charge is -2.12. The number of benzene rings is 2. The van der Waals surface area contributed by atoms with Crippen LogP contribution in [0.5, 0.6) is 11.8 Å². The molecule has 0 aliphatic heterocycles. The molecule has 2 heterocycles. The molecule has 0 radical (unpaired) electrons. The zero-order valence-corrected chi connectivity index (χ0v) is 20.1. The number of nitrogens with zero attached hydrogens (tertiary/aromatic N) is 3. The number of aromatic nitrogens is 4. The van der Waals surface area contributed by atoms with Crippen LogP contribution in [0.2, 0.25) is 0 Å². The number of anilines is 1. The van der Waals surface area contributed by atoms with Gasteiger partial charge < -0.3 is 20.7 Å². The molecular weight excluding hydrogens is 559 g/mol. The van der Waals surface area contributed by atoms with E-state index in [4.69, 9.17) is 4.74 Å². The number of halogens is 3. The van der Waals surface area contributed by atoms with E-state index in [-0.39, 0.29) is 17.8 Å². The number of amides is 2. The second kappa shape index (κ2) is 10.6. The quantitative estimate of drug-likeness (QED) is 0.140. The predicted molar refractivity (Wildman–Crippen MR) is 132 cm³/mol. The first-order valence-electron chi connectivity index (χ1n) is 10.2. The van der Waals surface area contributed by atoms with Crippen molar-refractivity contribution >= 4 is 45.5 Å². The molecule has 4 N–H and O–H groups in total. The molecule has 0 aliphatic rings. The first-order valence-corrected chi connectivity index (χ1v) is 11.8. The van der Waals surface area contributed by atoms with Gasteiger partial charge in [0.05, 0.1) is 5.39 Å². The summed E-state index contributed by atoms with van der Waals surface area (Å²) in [7, 11) is 1.53. The fourth-order valence-electron chi connectivity index (χ4n) is 3.25. The summed E-state index contributed by atoms with van der Waals surface area (Å²) in [5.74, 6) is -1.44. The number of alkyl halides is 1. The number of hydrogen-bond donors (Lipinski definition) is 4. The van der Waals surface area contributed by atoms with E-state index in [2.05, 4.69) is 58.7 Å². The van der Waals surface area contributed by atoms with Crippen LogP contribution in [-0.4, -0.2) is 46.3 Å². The Labute approximate surface area is 206 Å². The van der Waals surface area contributed by atoms with Crippen molar-refractivity contribution in [2.45, 2.75) is 4.43 Å². The monoisotopic (exact) mass is 579 g/mol. The van der Waals surface area contributed by atoms with Crippen molar-refractivity contribution in [2.75, 3.05) is 25.5 Å². The molecule has 2 amide bonds. The van der Waals surface area contributed by atoms with Crippen molar-refractivity contribution in [3.05, 3.63) is 59.7 Å². The molecule has 0 saturated heterocycles. The topological polar surface area (TPSA) is 117 Å². The van der Waals surface area contributed by atoms with Crippen LogP contribution in [0, 0.1) is 11.6 Å². The molecule has 0 atom stereocenters. The van der Waals surface area contributed by atoms with Gasteiger partial charge in [-0.2, -0.15) is 15.1 Å². The molecule has 0 aliphatic carbocycles. The van der Waals surface area contributed by atoms with Crippen LogP contribution in [0.25, 0.3) is 22.3 Å². The molecule has 0 bridgehead atoms. The van der Waals surface area contributed by atoms with Crippen molar-refractivity contribution in [1.82, 2.24) is 30.8 Å². The summed E-state index contributed by atoms with van der Waals surface area (Å²) in [5, 5.41) is 16.3. The highest BCUT2D eigenvalue weighted by atomic mass is 127. The number of hydrogen-bond acceptors (Lipinski definition) is 6. The SMILES string of the molecule is CNC(=O)NCCNc1nc(Oc2ccc(F)cc2F)nc2[nH]nc(-c3ccccc3CI)c12. The Morgan fingerprint density at radius 3 is 2.74 bits per heavy atom. The lowest BCUT2D eigenvalue weighted by molar-refractivity contribution is 0.243. The Morgan fingerprint density at radius 2 is 1.97 bits per heavy atom. The third-order valence-corrected chi connectivity index (χ3v) is 5.66. The fourth-order valence-corrected chi connectivity index (χ4v) is 3.91. The number of nitrogens with one attached hydrogen (secondary N) is 4. The highest BCUT2D eigenvalue weighted by molar-refractivity contribution is 14.1. The second-order valence-corrected chi connectivity index (χ2v) is 7.81. The van der Waals surface area contributed by atoms with Crippen LogP contribution < -0.4 is 20.7 Å². The van der Waals surface area contributed by atoms with Crippen molar-refractivity contribution in [3.8, 4) is 23.0 Å². The molecule has 34 heavy (non-hydrogen) atoms. The molecule has 0 fully saturated rings. The van der Waals surface area contributed by atoms with Crippen LogP contribution in [0.3, 0.4) is 0 Å². The van der Waals surface area contributed by atoms with Gasteiger partial charge in [0.1, 0.15) is 17.3 Å². The van der Waals surface area contributed by atoms with Gasteiger partial charge in [-0.1, -0.05) is 46.9 Å². The maximum absolute atomic E-state index is 14.1. The van der Waals surface area contributed by atoms with Crippen molar-refractivity contribution in [1.29, 1.82) is 0 Å². The summed E-state index contributed by atoms with van der Waals surface area (Å²) in [5.41, 5.74) is 3.00. The van der Waals surface area contributed by atoms with Gasteiger partial charge >= 0.3 is 12.0 Å². The van der Waals surface area contributed by atoms with Crippen LogP contribution >= 0.6 is 22.6 Å². The number of urea groups is 1. The van der Waals surface area contributed by atoms with E-state index in [0.29, 0.717) is 41.7 Å². The molecule has 9 nitrogen and oxygen atoms in total. The van der Waals surface area contributed by atoms with Gasteiger partial charge in [-0.15, -0.1) is 0 Å². The maximum atomic E-state index is 14.1. The van der Waals surface area contributed by atoms with Crippen LogP contribution in [0.1, 0.15) is 5.56 Å². The zero-order valence-electron chi connectivity index (χ0n) is 18.0. The number of aromatic amines is 1. The first kappa shape index (κ1) is 23.6. The van der Waals surface area contributed by atoms with E-state index in [1.165, 1.54) is 7.05 Å². The summed E-state index contributed by atoms with van der Waals surface area (Å²) in [6.45, 7) is 0.647. The van der Waals surface area contributed by atoms with Crippen molar-refractivity contribution in [3.63, 3.8) is 0 Å². The van der Waals surface area contributed by atoms with Crippen LogP contribution in [0.15, 0.2) is 42.5 Å². The van der Waals surface area contributed by atoms with E-state index in [1.807, 2.05) is 24.3 Å². The molecule has 176 valence electrons. The van der Waals surface area contributed by atoms with E-state index in [1.54, 1.807) is 0 Å². The summed E-state index contributed by atoms with van der Waals surface area (Å²) < 4.78 is 33.6. The maximum Gasteiger partial charge on any atom is 0.326 e. The van der Waals surface area contributed by atoms with Gasteiger partial charge in [0.15, 0.2) is 17.2 Å². The van der Waals surface area contributed by atoms with Gasteiger partial charge in [0.25, 0.3) is 0 Å². The van der Waals surface area contributed by atoms with Gasteiger partial charge in [-0.3, -0.25) is 5.10 Å². The molecular formula is C22H20F2IN7O2. The average molecular weight is 579 g/mol. The van der Waals surface area contributed by atoms with Crippen molar-refractivity contribution < 1.29 is 18.3 Å². The smallest absolute Gasteiger partial charge is 0.326 e. The number of carbonyl (C=O) groups excluding carboxylic acids is 1. The molecule has 4 rings (SSSR count). The van der Waals surface area contributed by atoms with E-state index < -0.39 is 11.6 Å². The average Bonchev–Trinajstić information content (AvgIpc) is 3.27. The Bertz CT molecular complexity index is 1330. The van der Waals surface area contributed by atoms with Gasteiger partial charge in [-0.25, -0.2) is 13.6 Å². The van der Waals surface area contributed by atoms with E-state index >= 15 is 0 Å². The summed E-state index contributed by atoms with van der Waals surface area (Å²) in [4.78, 5) is 20.2. The standard InChI is InChI=1S/C22H20F2IN7O2/c1-26-21(33)28-9-8-27-19-17-18(14-5-3-2-4-12(14)11-25)31-32-20(17)30-22(29-19)34-16-7-6-13(23)10-15(16)24/h2-7,10H,8-9,11H2,1H3,(H2,26,28,33)(H2,27,29,30,31,32). The van der Waals surface area contributed by atoms with Crippen molar-refractivity contribution in [2.24, 2.45) is 0 Å². The lowest BCUT2D eigenvalue weighted by Crippen LogP contribution is -2.35. The van der Waals surface area contributed by atoms with E-state index in [0.717, 1.165) is 27.7 Å². The minimum Gasteiger partial charge on any atom is -0.421 e. The predicted octanol–water partition coefficient (Wildman–Crippen LogP) is 4.37. The number of fused-ring (bicyclic) bond motifs is 1. The van der Waals surface area contributed by atoms with Gasteiger partial charge in [0, 0.05) is 36.2 Å². The Hall–Kier alpha value is -3.55. The normalized spacial score (nSPS) is 10.8. The first-order chi connectivity index (χ1) is 16.5. The zero-order chi connectivity index (χ0) is 24.1. The summed E-state index contributed by atoms with van der Waals surface area (Å²) >= 11 is 2.28. The molecule has 2 aromatic carbocycles. The summed E-state index contributed by atoms with van der Waals surface area (Å²) in [6, 6.07) is 10.3. The third kappa shape index (κ3) is 5.16. The van der Waals surface area contributed by atoms with Gasteiger partial charge in [-0.05, 0) is 17.7 Å². The number of ether oxygens (including phenoxy) is 1. The van der Waals surface area contributed by atoms with Crippen LogP contribution in [0.4, 0.5) is 19.4 Å². The Balaban J connectivity index is 1.73. The highest BCUT2D eigenvalue weighted by Crippen LogP contribution is 2.35. The highest BCUT2D eigenvalue weighted by Gasteiger charge is 2.20. The molecule has 0 saturated carbocycles. The molecule has 12 heteroatoms. The lowest BCUT2D eigenvalue weighted by atomic mass is 10.0.